The van der Waals surface area contributed by atoms with E-state index >= 15 is 0 Å². The summed E-state index contributed by atoms with van der Waals surface area (Å²) in [6.07, 6.45) is 1.48. The normalized spacial score (nSPS) is 14.6. The number of carbonyl (C=O) groups is 2. The number of nitrogens with one attached hydrogen (secondary N) is 1. The Morgan fingerprint density at radius 1 is 1.18 bits per heavy atom. The first kappa shape index (κ1) is 20.6. The van der Waals surface area contributed by atoms with E-state index in [2.05, 4.69) is 26.3 Å². The van der Waals surface area contributed by atoms with E-state index in [1.165, 1.54) is 4.68 Å². The molecule has 1 N–H and O–H groups in total. The van der Waals surface area contributed by atoms with Crippen LogP contribution in [0.1, 0.15) is 64.6 Å². The quantitative estimate of drug-likeness (QED) is 0.696. The molecule has 0 bridgehead atoms. The Kier molecular flexibility index (Phi) is 5.40. The van der Waals surface area contributed by atoms with Crippen LogP contribution in [-0.4, -0.2) is 27.4 Å². The molecule has 1 aromatic heterocycles. The smallest absolute Gasteiger partial charge is 0.435 e. The summed E-state index contributed by atoms with van der Waals surface area (Å²) < 4.78 is 7.65. The minimum atomic E-state index is -0.765. The highest BCUT2D eigenvalue weighted by molar-refractivity contribution is 9.10. The van der Waals surface area contributed by atoms with Gasteiger partial charge in [0.05, 0.1) is 11.1 Å². The van der Waals surface area contributed by atoms with E-state index in [9.17, 15) is 9.59 Å². The van der Waals surface area contributed by atoms with Crippen molar-refractivity contribution < 1.29 is 14.3 Å². The molecule has 0 radical (unpaired) electrons. The number of nitrogens with zero attached hydrogens (tertiary/aromatic N) is 2. The van der Waals surface area contributed by atoms with E-state index in [1.807, 2.05) is 58.9 Å². The van der Waals surface area contributed by atoms with Crippen molar-refractivity contribution in [3.05, 3.63) is 46.1 Å². The lowest BCUT2D eigenvalue weighted by molar-refractivity contribution is -0.120. The highest BCUT2D eigenvalue weighted by Gasteiger charge is 2.34. The van der Waals surface area contributed by atoms with Crippen molar-refractivity contribution in [2.45, 2.75) is 64.4 Å². The van der Waals surface area contributed by atoms with Crippen LogP contribution in [-0.2, 0) is 14.9 Å². The first-order chi connectivity index (χ1) is 13.0. The fourth-order valence-corrected chi connectivity index (χ4v) is 3.26. The topological polar surface area (TPSA) is 73.2 Å². The van der Waals surface area contributed by atoms with Crippen molar-refractivity contribution in [1.82, 2.24) is 9.78 Å². The van der Waals surface area contributed by atoms with E-state index in [0.29, 0.717) is 5.82 Å². The second-order valence-electron chi connectivity index (χ2n) is 8.71. The molecule has 1 amide bonds. The van der Waals surface area contributed by atoms with Gasteiger partial charge in [0.25, 0.3) is 0 Å². The predicted molar refractivity (Wildman–Crippen MR) is 112 cm³/mol. The van der Waals surface area contributed by atoms with Gasteiger partial charge in [-0.2, -0.15) is 4.68 Å². The number of ether oxygens (including phenoxy) is 1. The van der Waals surface area contributed by atoms with Crippen LogP contribution >= 0.6 is 15.9 Å². The molecule has 6 nitrogen and oxygen atoms in total. The average molecular weight is 448 g/mol. The van der Waals surface area contributed by atoms with Gasteiger partial charge in [-0.1, -0.05) is 28.1 Å². The summed E-state index contributed by atoms with van der Waals surface area (Å²) in [6, 6.07) is 9.43. The first-order valence-corrected chi connectivity index (χ1v) is 10.2. The number of amides is 1. The summed E-state index contributed by atoms with van der Waals surface area (Å²) in [5.41, 5.74) is 0.285. The number of aromatic nitrogens is 2. The molecule has 1 aromatic carbocycles. The lowest BCUT2D eigenvalue weighted by Crippen LogP contribution is -2.35. The van der Waals surface area contributed by atoms with Crippen molar-refractivity contribution >= 4 is 33.7 Å². The maximum Gasteiger partial charge on any atom is 0.435 e. The number of carbonyl (C=O) groups excluding carboxylic acids is 2. The maximum atomic E-state index is 13.0. The molecule has 0 spiro atoms. The highest BCUT2D eigenvalue weighted by atomic mass is 79.9. The van der Waals surface area contributed by atoms with Crippen molar-refractivity contribution in [2.75, 3.05) is 5.32 Å². The summed E-state index contributed by atoms with van der Waals surface area (Å²) in [7, 11) is 0. The Labute approximate surface area is 173 Å². The van der Waals surface area contributed by atoms with Crippen molar-refractivity contribution in [3.63, 3.8) is 0 Å². The van der Waals surface area contributed by atoms with Gasteiger partial charge in [-0.3, -0.25) is 4.79 Å². The third kappa shape index (κ3) is 4.63. The van der Waals surface area contributed by atoms with Gasteiger partial charge < -0.3 is 10.1 Å². The Morgan fingerprint density at radius 2 is 1.86 bits per heavy atom. The van der Waals surface area contributed by atoms with Gasteiger partial charge in [-0.15, -0.1) is 5.10 Å². The van der Waals surface area contributed by atoms with E-state index in [4.69, 9.17) is 4.74 Å². The zero-order valence-electron chi connectivity index (χ0n) is 16.9. The van der Waals surface area contributed by atoms with Crippen molar-refractivity contribution in [1.29, 1.82) is 0 Å². The number of anilines is 1. The zero-order chi connectivity index (χ0) is 20.7. The first-order valence-electron chi connectivity index (χ1n) is 9.38. The van der Waals surface area contributed by atoms with Crippen LogP contribution in [0.25, 0.3) is 0 Å². The molecular weight excluding hydrogens is 422 g/mol. The maximum absolute atomic E-state index is 13.0. The van der Waals surface area contributed by atoms with Gasteiger partial charge in [0.1, 0.15) is 5.60 Å². The number of hydrogen-bond acceptors (Lipinski definition) is 4. The fraction of sp³-hybridized carbons (Fsp3) is 0.476. The van der Waals surface area contributed by atoms with Crippen LogP contribution in [0.15, 0.2) is 34.8 Å². The minimum absolute atomic E-state index is 0.193. The number of rotatable bonds is 4. The SMILES string of the molecule is CC(C)(C)OC(=O)n1nc(NC(=O)C(C)(C)c2cccc(Br)c2)cc1C1CC1. The van der Waals surface area contributed by atoms with Crippen molar-refractivity contribution in [3.8, 4) is 0 Å². The van der Waals surface area contributed by atoms with Gasteiger partial charge in [0.2, 0.25) is 5.91 Å². The Bertz CT molecular complexity index is 908. The molecule has 0 saturated heterocycles. The lowest BCUT2D eigenvalue weighted by atomic mass is 9.84. The molecule has 2 aromatic rings. The molecule has 1 heterocycles. The third-order valence-corrected chi connectivity index (χ3v) is 5.15. The number of benzene rings is 1. The molecule has 7 heteroatoms. The van der Waals surface area contributed by atoms with Gasteiger partial charge in [0.15, 0.2) is 5.82 Å². The second-order valence-corrected chi connectivity index (χ2v) is 9.63. The summed E-state index contributed by atoms with van der Waals surface area (Å²) in [5.74, 6) is 0.450. The molecule has 0 aliphatic heterocycles. The minimum Gasteiger partial charge on any atom is -0.442 e. The third-order valence-electron chi connectivity index (χ3n) is 4.65. The van der Waals surface area contributed by atoms with Gasteiger partial charge >= 0.3 is 6.09 Å². The summed E-state index contributed by atoms with van der Waals surface area (Å²) >= 11 is 3.45. The largest absolute Gasteiger partial charge is 0.442 e. The molecule has 150 valence electrons. The highest BCUT2D eigenvalue weighted by Crippen LogP contribution is 2.41. The predicted octanol–water partition coefficient (Wildman–Crippen LogP) is 5.22. The zero-order valence-corrected chi connectivity index (χ0v) is 18.5. The second kappa shape index (κ2) is 7.35. The van der Waals surface area contributed by atoms with Crippen LogP contribution in [0.3, 0.4) is 0 Å². The van der Waals surface area contributed by atoms with E-state index < -0.39 is 17.1 Å². The molecular formula is C21H26BrN3O3. The average Bonchev–Trinajstić information content (AvgIpc) is 3.33. The van der Waals surface area contributed by atoms with Crippen LogP contribution in [0, 0.1) is 0 Å². The molecule has 0 unspecified atom stereocenters. The van der Waals surface area contributed by atoms with Crippen LogP contribution in [0.2, 0.25) is 0 Å². The Hall–Kier alpha value is -2.15. The van der Waals surface area contributed by atoms with Gasteiger partial charge in [-0.25, -0.2) is 4.79 Å². The molecule has 1 aliphatic carbocycles. The standard InChI is InChI=1S/C21H26BrN3O3/c1-20(2,3)28-19(27)25-16(13-9-10-13)12-17(24-25)23-18(26)21(4,5)14-7-6-8-15(22)11-14/h6-8,11-13H,9-10H2,1-5H3,(H,23,24,26). The van der Waals surface area contributed by atoms with Crippen LogP contribution in [0.5, 0.6) is 0 Å². The monoisotopic (exact) mass is 447 g/mol. The molecule has 1 fully saturated rings. The van der Waals surface area contributed by atoms with Crippen LogP contribution < -0.4 is 5.32 Å². The summed E-state index contributed by atoms with van der Waals surface area (Å²) in [6.45, 7) is 9.16. The fourth-order valence-electron chi connectivity index (χ4n) is 2.86. The van der Waals surface area contributed by atoms with Crippen LogP contribution in [0.4, 0.5) is 10.6 Å². The molecule has 1 aliphatic rings. The Balaban J connectivity index is 1.83. The number of halogens is 1. The van der Waals surface area contributed by atoms with Gasteiger partial charge in [-0.05, 0) is 65.2 Å². The van der Waals surface area contributed by atoms with E-state index in [0.717, 1.165) is 28.6 Å². The molecule has 0 atom stereocenters. The molecule has 3 rings (SSSR count). The lowest BCUT2D eigenvalue weighted by Gasteiger charge is -2.23. The van der Waals surface area contributed by atoms with Crippen molar-refractivity contribution in [2.24, 2.45) is 0 Å². The van der Waals surface area contributed by atoms with E-state index in [1.54, 1.807) is 6.07 Å². The summed E-state index contributed by atoms with van der Waals surface area (Å²) in [4.78, 5) is 25.5. The molecule has 1 saturated carbocycles. The van der Waals surface area contributed by atoms with Gasteiger partial charge in [0, 0.05) is 16.5 Å². The van der Waals surface area contributed by atoms with E-state index in [-0.39, 0.29) is 11.8 Å². The Morgan fingerprint density at radius 3 is 2.43 bits per heavy atom. The number of hydrogen-bond donors (Lipinski definition) is 1. The molecule has 28 heavy (non-hydrogen) atoms. The summed E-state index contributed by atoms with van der Waals surface area (Å²) in [5, 5.41) is 7.19.